The summed E-state index contributed by atoms with van der Waals surface area (Å²) in [6, 6.07) is 4.00. The van der Waals surface area contributed by atoms with Crippen LogP contribution in [-0.4, -0.2) is 33.4 Å². The van der Waals surface area contributed by atoms with Crippen LogP contribution in [0.4, 0.5) is 0 Å². The van der Waals surface area contributed by atoms with Crippen molar-refractivity contribution in [3.05, 3.63) is 23.7 Å². The lowest BCUT2D eigenvalue weighted by Crippen LogP contribution is -2.17. The largest absolute Gasteiger partial charge is 0.319 e. The van der Waals surface area contributed by atoms with Crippen LogP contribution >= 0.6 is 0 Å². The minimum absolute atomic E-state index is 0.0404. The van der Waals surface area contributed by atoms with Gasteiger partial charge in [-0.3, -0.25) is 0 Å². The molecule has 2 rings (SSSR count). The zero-order valence-corrected chi connectivity index (χ0v) is 10.9. The standard InChI is InChI=1S/C12H19N5/c1-12(2,3)9-5-6-10-14-15-11(7-8-13-4)17(10)16-9/h5-6,13H,7-8H2,1-4H3. The highest BCUT2D eigenvalue weighted by Gasteiger charge is 2.17. The molecule has 0 saturated carbocycles. The molecule has 5 heteroatoms. The smallest absolute Gasteiger partial charge is 0.177 e. The number of aromatic nitrogens is 4. The van der Waals surface area contributed by atoms with Crippen LogP contribution in [0.25, 0.3) is 5.65 Å². The Hall–Kier alpha value is -1.49. The summed E-state index contributed by atoms with van der Waals surface area (Å²) in [4.78, 5) is 0. The van der Waals surface area contributed by atoms with E-state index < -0.39 is 0 Å². The Morgan fingerprint density at radius 3 is 2.65 bits per heavy atom. The van der Waals surface area contributed by atoms with Gasteiger partial charge < -0.3 is 5.32 Å². The molecule has 0 aromatic carbocycles. The number of nitrogens with zero attached hydrogens (tertiary/aromatic N) is 4. The van der Waals surface area contributed by atoms with Gasteiger partial charge in [-0.1, -0.05) is 20.8 Å². The Bertz CT molecular complexity index is 509. The highest BCUT2D eigenvalue weighted by atomic mass is 15.4. The van der Waals surface area contributed by atoms with E-state index >= 15 is 0 Å². The second-order valence-corrected chi connectivity index (χ2v) is 5.21. The molecule has 92 valence electrons. The van der Waals surface area contributed by atoms with Gasteiger partial charge in [-0.2, -0.15) is 9.61 Å². The van der Waals surface area contributed by atoms with Gasteiger partial charge in [0.1, 0.15) is 0 Å². The molecule has 0 saturated heterocycles. The van der Waals surface area contributed by atoms with Crippen molar-refractivity contribution in [3.8, 4) is 0 Å². The van der Waals surface area contributed by atoms with Crippen LogP contribution in [0, 0.1) is 0 Å². The van der Waals surface area contributed by atoms with Crippen molar-refractivity contribution < 1.29 is 0 Å². The van der Waals surface area contributed by atoms with Crippen molar-refractivity contribution in [2.75, 3.05) is 13.6 Å². The second-order valence-electron chi connectivity index (χ2n) is 5.21. The number of nitrogens with one attached hydrogen (secondary N) is 1. The average Bonchev–Trinajstić information content (AvgIpc) is 2.67. The Labute approximate surface area is 101 Å². The van der Waals surface area contributed by atoms with Crippen molar-refractivity contribution in [1.82, 2.24) is 25.1 Å². The van der Waals surface area contributed by atoms with E-state index in [9.17, 15) is 0 Å². The molecule has 0 amide bonds. The van der Waals surface area contributed by atoms with E-state index in [1.54, 1.807) is 0 Å². The zero-order chi connectivity index (χ0) is 12.5. The molecule has 0 fully saturated rings. The molecule has 0 aliphatic rings. The highest BCUT2D eigenvalue weighted by Crippen LogP contribution is 2.19. The van der Waals surface area contributed by atoms with E-state index in [0.717, 1.165) is 30.1 Å². The Morgan fingerprint density at radius 1 is 1.24 bits per heavy atom. The summed E-state index contributed by atoms with van der Waals surface area (Å²) in [6.45, 7) is 7.33. The van der Waals surface area contributed by atoms with Crippen molar-refractivity contribution in [1.29, 1.82) is 0 Å². The maximum Gasteiger partial charge on any atom is 0.177 e. The fraction of sp³-hybridized carbons (Fsp3) is 0.583. The normalized spacial score (nSPS) is 12.2. The van der Waals surface area contributed by atoms with E-state index in [1.165, 1.54) is 0 Å². The number of rotatable bonds is 3. The molecule has 0 atom stereocenters. The van der Waals surface area contributed by atoms with Crippen LogP contribution in [0.5, 0.6) is 0 Å². The third-order valence-electron chi connectivity index (χ3n) is 2.69. The second kappa shape index (κ2) is 4.41. The topological polar surface area (TPSA) is 55.1 Å². The minimum atomic E-state index is 0.0404. The maximum absolute atomic E-state index is 4.62. The molecule has 0 unspecified atom stereocenters. The molecule has 2 heterocycles. The van der Waals surface area contributed by atoms with E-state index in [-0.39, 0.29) is 5.41 Å². The van der Waals surface area contributed by atoms with Gasteiger partial charge in [0.25, 0.3) is 0 Å². The van der Waals surface area contributed by atoms with Gasteiger partial charge in [0.15, 0.2) is 11.5 Å². The lowest BCUT2D eigenvalue weighted by atomic mass is 9.92. The molecule has 17 heavy (non-hydrogen) atoms. The fourth-order valence-corrected chi connectivity index (χ4v) is 1.63. The molecule has 1 N–H and O–H groups in total. The predicted octanol–water partition coefficient (Wildman–Crippen LogP) is 1.18. The molecular formula is C12H19N5. The average molecular weight is 233 g/mol. The maximum atomic E-state index is 4.62. The summed E-state index contributed by atoms with van der Waals surface area (Å²) in [5.74, 6) is 0.903. The van der Waals surface area contributed by atoms with E-state index in [2.05, 4.69) is 41.4 Å². The Morgan fingerprint density at radius 2 is 2.00 bits per heavy atom. The fourth-order valence-electron chi connectivity index (χ4n) is 1.63. The van der Waals surface area contributed by atoms with Crippen molar-refractivity contribution in [2.45, 2.75) is 32.6 Å². The molecule has 0 radical (unpaired) electrons. The highest BCUT2D eigenvalue weighted by molar-refractivity contribution is 5.37. The van der Waals surface area contributed by atoms with Crippen LogP contribution < -0.4 is 5.32 Å². The molecule has 2 aromatic rings. The van der Waals surface area contributed by atoms with E-state index in [1.807, 2.05) is 23.7 Å². The van der Waals surface area contributed by atoms with Crippen molar-refractivity contribution in [3.63, 3.8) is 0 Å². The molecule has 0 aliphatic heterocycles. The summed E-state index contributed by atoms with van der Waals surface area (Å²) in [5.41, 5.74) is 1.90. The first-order valence-corrected chi connectivity index (χ1v) is 5.89. The summed E-state index contributed by atoms with van der Waals surface area (Å²) >= 11 is 0. The van der Waals surface area contributed by atoms with Crippen LogP contribution in [0.3, 0.4) is 0 Å². The van der Waals surface area contributed by atoms with Gasteiger partial charge in [-0.05, 0) is 19.2 Å². The lowest BCUT2D eigenvalue weighted by Gasteiger charge is -2.17. The molecular weight excluding hydrogens is 214 g/mol. The molecule has 0 bridgehead atoms. The SMILES string of the molecule is CNCCc1nnc2ccc(C(C)(C)C)nn12. The third kappa shape index (κ3) is 2.44. The molecule has 5 nitrogen and oxygen atoms in total. The minimum Gasteiger partial charge on any atom is -0.319 e. The van der Waals surface area contributed by atoms with Crippen LogP contribution in [0.15, 0.2) is 12.1 Å². The summed E-state index contributed by atoms with van der Waals surface area (Å²) in [7, 11) is 1.93. The summed E-state index contributed by atoms with van der Waals surface area (Å²) in [5, 5.41) is 16.0. The van der Waals surface area contributed by atoms with E-state index in [0.29, 0.717) is 0 Å². The van der Waals surface area contributed by atoms with Gasteiger partial charge >= 0.3 is 0 Å². The molecule has 0 spiro atoms. The van der Waals surface area contributed by atoms with Gasteiger partial charge in [0.2, 0.25) is 0 Å². The van der Waals surface area contributed by atoms with Gasteiger partial charge in [-0.25, -0.2) is 0 Å². The monoisotopic (exact) mass is 233 g/mol. The van der Waals surface area contributed by atoms with Crippen molar-refractivity contribution in [2.24, 2.45) is 0 Å². The Balaban J connectivity index is 2.43. The van der Waals surface area contributed by atoms with Crippen LogP contribution in [0.1, 0.15) is 32.3 Å². The van der Waals surface area contributed by atoms with Crippen LogP contribution in [0.2, 0.25) is 0 Å². The molecule has 2 aromatic heterocycles. The Kier molecular flexibility index (Phi) is 3.11. The molecule has 0 aliphatic carbocycles. The number of likely N-dealkylation sites (N-methyl/N-ethyl adjacent to an activating group) is 1. The van der Waals surface area contributed by atoms with Crippen molar-refractivity contribution >= 4 is 5.65 Å². The van der Waals surface area contributed by atoms with Gasteiger partial charge in [0, 0.05) is 18.4 Å². The quantitative estimate of drug-likeness (QED) is 0.865. The zero-order valence-electron chi connectivity index (χ0n) is 10.9. The van der Waals surface area contributed by atoms with Gasteiger partial charge in [-0.15, -0.1) is 10.2 Å². The summed E-state index contributed by atoms with van der Waals surface area (Å²) < 4.78 is 1.85. The van der Waals surface area contributed by atoms with E-state index in [4.69, 9.17) is 0 Å². The first-order valence-electron chi connectivity index (χ1n) is 5.89. The summed E-state index contributed by atoms with van der Waals surface area (Å²) in [6.07, 6.45) is 0.832. The predicted molar refractivity (Wildman–Crippen MR) is 67.1 cm³/mol. The number of fused-ring (bicyclic) bond motifs is 1. The lowest BCUT2D eigenvalue weighted by molar-refractivity contribution is 0.550. The third-order valence-corrected chi connectivity index (χ3v) is 2.69. The number of hydrogen-bond donors (Lipinski definition) is 1. The van der Waals surface area contributed by atoms with Crippen LogP contribution in [-0.2, 0) is 11.8 Å². The van der Waals surface area contributed by atoms with Gasteiger partial charge in [0.05, 0.1) is 5.69 Å². The first-order chi connectivity index (χ1) is 8.02. The first kappa shape index (κ1) is 12.0. The number of hydrogen-bond acceptors (Lipinski definition) is 4.